The van der Waals surface area contributed by atoms with Gasteiger partial charge in [0, 0.05) is 17.2 Å². The number of benzene rings is 1. The Morgan fingerprint density at radius 3 is 2.84 bits per heavy atom. The van der Waals surface area contributed by atoms with Gasteiger partial charge in [-0.05, 0) is 34.6 Å². The van der Waals surface area contributed by atoms with Gasteiger partial charge in [-0.2, -0.15) is 0 Å². The number of hydrogen-bond acceptors (Lipinski definition) is 3. The highest BCUT2D eigenvalue weighted by Gasteiger charge is 2.20. The summed E-state index contributed by atoms with van der Waals surface area (Å²) in [7, 11) is 1.53. The second-order valence-electron chi connectivity index (χ2n) is 4.06. The van der Waals surface area contributed by atoms with Crippen molar-refractivity contribution < 1.29 is 13.5 Å². The lowest BCUT2D eigenvalue weighted by atomic mass is 10.00. The van der Waals surface area contributed by atoms with Gasteiger partial charge in [-0.1, -0.05) is 6.92 Å². The van der Waals surface area contributed by atoms with Gasteiger partial charge in [-0.3, -0.25) is 0 Å². The fraction of sp³-hybridized carbons (Fsp3) is 0.286. The lowest BCUT2D eigenvalue weighted by Gasteiger charge is -2.20. The van der Waals surface area contributed by atoms with Gasteiger partial charge in [-0.25, -0.2) is 4.39 Å². The van der Waals surface area contributed by atoms with Gasteiger partial charge < -0.3 is 14.5 Å². The van der Waals surface area contributed by atoms with Crippen molar-refractivity contribution in [2.24, 2.45) is 0 Å². The normalized spacial score (nSPS) is 12.4. The van der Waals surface area contributed by atoms with Gasteiger partial charge in [0.2, 0.25) is 0 Å². The van der Waals surface area contributed by atoms with Gasteiger partial charge in [0.1, 0.15) is 11.6 Å². The standard InChI is InChI=1S/C14H15BrFNO2/c1-3-17-14(9-4-5-19-8-9)10-6-11(15)12(16)7-13(10)18-2/h4-8,14,17H,3H2,1-2H3. The van der Waals surface area contributed by atoms with E-state index in [-0.39, 0.29) is 11.9 Å². The van der Waals surface area contributed by atoms with E-state index in [0.29, 0.717) is 10.2 Å². The smallest absolute Gasteiger partial charge is 0.141 e. The molecule has 2 rings (SSSR count). The SMILES string of the molecule is CCNC(c1ccoc1)c1cc(Br)c(F)cc1OC. The zero-order valence-electron chi connectivity index (χ0n) is 10.7. The molecule has 0 aliphatic carbocycles. The third kappa shape index (κ3) is 2.98. The zero-order valence-corrected chi connectivity index (χ0v) is 12.3. The topological polar surface area (TPSA) is 34.4 Å². The van der Waals surface area contributed by atoms with Crippen molar-refractivity contribution in [3.63, 3.8) is 0 Å². The minimum atomic E-state index is -0.344. The molecule has 2 aromatic rings. The molecule has 0 bridgehead atoms. The van der Waals surface area contributed by atoms with Crippen LogP contribution in [0.2, 0.25) is 0 Å². The number of ether oxygens (including phenoxy) is 1. The second kappa shape index (κ2) is 6.21. The lowest BCUT2D eigenvalue weighted by molar-refractivity contribution is 0.400. The van der Waals surface area contributed by atoms with Crippen molar-refractivity contribution in [2.75, 3.05) is 13.7 Å². The van der Waals surface area contributed by atoms with E-state index >= 15 is 0 Å². The van der Waals surface area contributed by atoms with E-state index in [0.717, 1.165) is 17.7 Å². The summed E-state index contributed by atoms with van der Waals surface area (Å²) in [5.74, 6) is 0.163. The minimum Gasteiger partial charge on any atom is -0.496 e. The average molecular weight is 328 g/mol. The molecule has 0 saturated heterocycles. The molecule has 0 saturated carbocycles. The number of nitrogens with one attached hydrogen (secondary N) is 1. The van der Waals surface area contributed by atoms with Crippen LogP contribution < -0.4 is 10.1 Å². The Hall–Kier alpha value is -1.33. The fourth-order valence-corrected chi connectivity index (χ4v) is 2.36. The van der Waals surface area contributed by atoms with Gasteiger partial charge in [0.05, 0.1) is 30.2 Å². The first kappa shape index (κ1) is 14.1. The highest BCUT2D eigenvalue weighted by molar-refractivity contribution is 9.10. The molecule has 0 radical (unpaired) electrons. The number of furan rings is 1. The Morgan fingerprint density at radius 2 is 2.26 bits per heavy atom. The van der Waals surface area contributed by atoms with Gasteiger partial charge >= 0.3 is 0 Å². The zero-order chi connectivity index (χ0) is 13.8. The quantitative estimate of drug-likeness (QED) is 0.904. The molecule has 1 atom stereocenters. The van der Waals surface area contributed by atoms with Crippen molar-refractivity contribution in [3.8, 4) is 5.75 Å². The molecule has 0 fully saturated rings. The van der Waals surface area contributed by atoms with Gasteiger partial charge in [0.15, 0.2) is 0 Å². The Balaban J connectivity index is 2.50. The van der Waals surface area contributed by atoms with Crippen LogP contribution in [-0.2, 0) is 0 Å². The van der Waals surface area contributed by atoms with Crippen LogP contribution >= 0.6 is 15.9 Å². The molecule has 0 spiro atoms. The van der Waals surface area contributed by atoms with Crippen LogP contribution in [0.25, 0.3) is 0 Å². The molecule has 5 heteroatoms. The van der Waals surface area contributed by atoms with E-state index in [4.69, 9.17) is 9.15 Å². The van der Waals surface area contributed by atoms with E-state index in [2.05, 4.69) is 21.2 Å². The van der Waals surface area contributed by atoms with Crippen LogP contribution in [0.5, 0.6) is 5.75 Å². The van der Waals surface area contributed by atoms with Crippen LogP contribution in [0.3, 0.4) is 0 Å². The molecule has 1 N–H and O–H groups in total. The third-order valence-electron chi connectivity index (χ3n) is 2.87. The summed E-state index contributed by atoms with van der Waals surface area (Å²) < 4.78 is 24.4. The van der Waals surface area contributed by atoms with Crippen LogP contribution in [0.15, 0.2) is 39.6 Å². The van der Waals surface area contributed by atoms with Crippen molar-refractivity contribution in [2.45, 2.75) is 13.0 Å². The second-order valence-corrected chi connectivity index (χ2v) is 4.91. The van der Waals surface area contributed by atoms with Crippen molar-refractivity contribution in [3.05, 3.63) is 52.1 Å². The predicted molar refractivity (Wildman–Crippen MR) is 74.9 cm³/mol. The molecule has 19 heavy (non-hydrogen) atoms. The van der Waals surface area contributed by atoms with Gasteiger partial charge in [0.25, 0.3) is 0 Å². The Kier molecular flexibility index (Phi) is 4.61. The lowest BCUT2D eigenvalue weighted by Crippen LogP contribution is -2.22. The molecule has 0 amide bonds. The summed E-state index contributed by atoms with van der Waals surface area (Å²) in [4.78, 5) is 0. The Bertz CT molecular complexity index is 543. The first-order valence-corrected chi connectivity index (χ1v) is 6.75. The highest BCUT2D eigenvalue weighted by atomic mass is 79.9. The molecule has 1 unspecified atom stereocenters. The molecule has 102 valence electrons. The molecule has 1 heterocycles. The fourth-order valence-electron chi connectivity index (χ4n) is 2.00. The molecule has 0 aliphatic rings. The van der Waals surface area contributed by atoms with E-state index < -0.39 is 0 Å². The summed E-state index contributed by atoms with van der Waals surface area (Å²) in [5, 5.41) is 3.34. The Morgan fingerprint density at radius 1 is 1.47 bits per heavy atom. The predicted octanol–water partition coefficient (Wildman–Crippen LogP) is 3.89. The van der Waals surface area contributed by atoms with Gasteiger partial charge in [-0.15, -0.1) is 0 Å². The minimum absolute atomic E-state index is 0.101. The van der Waals surface area contributed by atoms with Crippen LogP contribution in [-0.4, -0.2) is 13.7 Å². The molecule has 1 aromatic carbocycles. The average Bonchev–Trinajstić information content (AvgIpc) is 2.92. The summed E-state index contributed by atoms with van der Waals surface area (Å²) in [6.07, 6.45) is 3.29. The Labute approximate surface area is 119 Å². The van der Waals surface area contributed by atoms with E-state index in [1.54, 1.807) is 18.6 Å². The number of halogens is 2. The molecular formula is C14H15BrFNO2. The summed E-state index contributed by atoms with van der Waals surface area (Å²) in [5.41, 5.74) is 1.83. The molecule has 3 nitrogen and oxygen atoms in total. The monoisotopic (exact) mass is 327 g/mol. The van der Waals surface area contributed by atoms with Crippen molar-refractivity contribution in [1.82, 2.24) is 5.32 Å². The summed E-state index contributed by atoms with van der Waals surface area (Å²) in [6, 6.07) is 4.89. The first-order chi connectivity index (χ1) is 9.17. The maximum absolute atomic E-state index is 13.6. The van der Waals surface area contributed by atoms with E-state index in [1.165, 1.54) is 13.2 Å². The summed E-state index contributed by atoms with van der Waals surface area (Å²) in [6.45, 7) is 2.78. The number of hydrogen-bond donors (Lipinski definition) is 1. The van der Waals surface area contributed by atoms with Crippen molar-refractivity contribution in [1.29, 1.82) is 0 Å². The van der Waals surface area contributed by atoms with Crippen LogP contribution in [0.1, 0.15) is 24.1 Å². The number of methoxy groups -OCH3 is 1. The molecule has 1 aromatic heterocycles. The number of rotatable bonds is 5. The van der Waals surface area contributed by atoms with Crippen molar-refractivity contribution >= 4 is 15.9 Å². The maximum Gasteiger partial charge on any atom is 0.141 e. The largest absolute Gasteiger partial charge is 0.496 e. The summed E-state index contributed by atoms with van der Waals surface area (Å²) >= 11 is 3.21. The maximum atomic E-state index is 13.6. The highest BCUT2D eigenvalue weighted by Crippen LogP contribution is 2.34. The van der Waals surface area contributed by atoms with E-state index in [9.17, 15) is 4.39 Å². The van der Waals surface area contributed by atoms with Crippen LogP contribution in [0, 0.1) is 5.82 Å². The van der Waals surface area contributed by atoms with E-state index in [1.807, 2.05) is 13.0 Å². The van der Waals surface area contributed by atoms with Crippen LogP contribution in [0.4, 0.5) is 4.39 Å². The third-order valence-corrected chi connectivity index (χ3v) is 3.48. The molecular weight excluding hydrogens is 313 g/mol. The first-order valence-electron chi connectivity index (χ1n) is 5.95. The molecule has 0 aliphatic heterocycles.